The summed E-state index contributed by atoms with van der Waals surface area (Å²) >= 11 is 0. The maximum atomic E-state index is 13.4. The molecule has 3 aromatic rings. The molecule has 0 saturated carbocycles. The Morgan fingerprint density at radius 2 is 1.53 bits per heavy atom. The second kappa shape index (κ2) is 8.27. The van der Waals surface area contributed by atoms with E-state index in [4.69, 9.17) is 5.73 Å². The number of primary amides is 1. The summed E-state index contributed by atoms with van der Waals surface area (Å²) in [4.78, 5) is 31.4. The molecular formula is C20H14F4N4O2. The number of nitrogens with one attached hydrogen (secondary N) is 1. The van der Waals surface area contributed by atoms with Crippen LogP contribution in [0, 0.1) is 5.82 Å². The van der Waals surface area contributed by atoms with Gasteiger partial charge in [-0.2, -0.15) is 13.2 Å². The summed E-state index contributed by atoms with van der Waals surface area (Å²) in [5.74, 6) is -2.59. The van der Waals surface area contributed by atoms with Crippen LogP contribution in [0.4, 0.5) is 23.5 Å². The van der Waals surface area contributed by atoms with Gasteiger partial charge >= 0.3 is 6.18 Å². The first-order chi connectivity index (χ1) is 14.1. The number of hydrogen-bond donors (Lipinski definition) is 2. The fraction of sp³-hybridized carbons (Fsp3) is 0.100. The second-order valence-corrected chi connectivity index (χ2v) is 6.23. The van der Waals surface area contributed by atoms with Crippen LogP contribution >= 0.6 is 0 Å². The molecule has 1 heterocycles. The van der Waals surface area contributed by atoms with Crippen LogP contribution in [0.5, 0.6) is 0 Å². The number of anilines is 1. The molecule has 0 aliphatic rings. The number of rotatable bonds is 6. The Morgan fingerprint density at radius 3 is 2.10 bits per heavy atom. The van der Waals surface area contributed by atoms with E-state index in [1.54, 1.807) is 24.3 Å². The lowest BCUT2D eigenvalue weighted by Gasteiger charge is -2.10. The highest BCUT2D eigenvalue weighted by Gasteiger charge is 2.34. The molecule has 0 aliphatic heterocycles. The average molecular weight is 418 g/mol. The Morgan fingerprint density at radius 1 is 0.933 bits per heavy atom. The zero-order valence-corrected chi connectivity index (χ0v) is 15.2. The number of hydrogen-bond acceptors (Lipinski definition) is 5. The van der Waals surface area contributed by atoms with Gasteiger partial charge in [-0.05, 0) is 35.9 Å². The van der Waals surface area contributed by atoms with Crippen LogP contribution in [0.25, 0.3) is 0 Å². The summed E-state index contributed by atoms with van der Waals surface area (Å²) < 4.78 is 51.9. The number of halogens is 4. The van der Waals surface area contributed by atoms with E-state index in [1.165, 1.54) is 0 Å². The predicted octanol–water partition coefficient (Wildman–Crippen LogP) is 3.58. The Labute approximate surface area is 167 Å². The van der Waals surface area contributed by atoms with E-state index >= 15 is 0 Å². The molecule has 1 amide bonds. The zero-order chi connectivity index (χ0) is 21.9. The van der Waals surface area contributed by atoms with Crippen LogP contribution in [0.1, 0.15) is 37.4 Å². The van der Waals surface area contributed by atoms with Crippen molar-refractivity contribution in [3.63, 3.8) is 0 Å². The molecule has 0 radical (unpaired) electrons. The SMILES string of the molecule is NC(=O)c1ccc(CNc2ncc(C(=O)c3ccc(F)c(C(F)(F)F)c3)cn2)cc1. The Kier molecular flexibility index (Phi) is 5.77. The van der Waals surface area contributed by atoms with Crippen LogP contribution in [0.15, 0.2) is 54.9 Å². The molecule has 1 aromatic heterocycles. The number of carbonyl (C=O) groups is 2. The molecule has 2 aromatic carbocycles. The van der Waals surface area contributed by atoms with Crippen molar-refractivity contribution in [1.29, 1.82) is 0 Å². The number of benzene rings is 2. The molecule has 0 unspecified atom stereocenters. The van der Waals surface area contributed by atoms with Gasteiger partial charge in [0, 0.05) is 30.1 Å². The molecular weight excluding hydrogens is 404 g/mol. The first kappa shape index (κ1) is 20.9. The molecule has 0 spiro atoms. The maximum absolute atomic E-state index is 13.4. The van der Waals surface area contributed by atoms with Gasteiger partial charge in [-0.25, -0.2) is 14.4 Å². The van der Waals surface area contributed by atoms with E-state index < -0.39 is 29.2 Å². The molecule has 0 fully saturated rings. The molecule has 3 rings (SSSR count). The number of amides is 1. The van der Waals surface area contributed by atoms with E-state index in [2.05, 4.69) is 15.3 Å². The zero-order valence-electron chi connectivity index (χ0n) is 15.2. The smallest absolute Gasteiger partial charge is 0.366 e. The van der Waals surface area contributed by atoms with Gasteiger partial charge in [0.25, 0.3) is 0 Å². The topological polar surface area (TPSA) is 98.0 Å². The Bertz CT molecular complexity index is 1080. The van der Waals surface area contributed by atoms with Gasteiger partial charge in [0.1, 0.15) is 5.82 Å². The molecule has 6 nitrogen and oxygen atoms in total. The molecule has 0 bridgehead atoms. The van der Waals surface area contributed by atoms with Crippen molar-refractivity contribution >= 4 is 17.6 Å². The minimum absolute atomic E-state index is 0.0499. The van der Waals surface area contributed by atoms with Crippen molar-refractivity contribution in [2.45, 2.75) is 12.7 Å². The number of nitrogens with two attached hydrogens (primary N) is 1. The van der Waals surface area contributed by atoms with Gasteiger partial charge in [-0.15, -0.1) is 0 Å². The molecule has 154 valence electrons. The Balaban J connectivity index is 1.69. The third-order valence-electron chi connectivity index (χ3n) is 4.14. The fourth-order valence-corrected chi connectivity index (χ4v) is 2.55. The molecule has 30 heavy (non-hydrogen) atoms. The normalized spacial score (nSPS) is 11.2. The summed E-state index contributed by atoms with van der Waals surface area (Å²) in [5.41, 5.74) is 4.45. The van der Waals surface area contributed by atoms with E-state index in [1.807, 2.05) is 0 Å². The van der Waals surface area contributed by atoms with Crippen molar-refractivity contribution in [1.82, 2.24) is 9.97 Å². The lowest BCUT2D eigenvalue weighted by Crippen LogP contribution is -2.12. The van der Waals surface area contributed by atoms with Crippen LogP contribution in [-0.2, 0) is 12.7 Å². The molecule has 0 atom stereocenters. The lowest BCUT2D eigenvalue weighted by molar-refractivity contribution is -0.140. The van der Waals surface area contributed by atoms with Crippen LogP contribution in [-0.4, -0.2) is 21.7 Å². The highest BCUT2D eigenvalue weighted by molar-refractivity contribution is 6.08. The summed E-state index contributed by atoms with van der Waals surface area (Å²) in [7, 11) is 0. The molecule has 10 heteroatoms. The average Bonchev–Trinajstić information content (AvgIpc) is 2.72. The highest BCUT2D eigenvalue weighted by Crippen LogP contribution is 2.32. The summed E-state index contributed by atoms with van der Waals surface area (Å²) in [6, 6.07) is 8.54. The number of carbonyl (C=O) groups excluding carboxylic acids is 2. The van der Waals surface area contributed by atoms with Crippen LogP contribution < -0.4 is 11.1 Å². The van der Waals surface area contributed by atoms with E-state index in [-0.39, 0.29) is 17.1 Å². The van der Waals surface area contributed by atoms with Crippen molar-refractivity contribution in [3.8, 4) is 0 Å². The summed E-state index contributed by atoms with van der Waals surface area (Å²) in [6.45, 7) is 0.319. The maximum Gasteiger partial charge on any atom is 0.419 e. The van der Waals surface area contributed by atoms with Crippen molar-refractivity contribution < 1.29 is 27.2 Å². The first-order valence-corrected chi connectivity index (χ1v) is 8.51. The van der Waals surface area contributed by atoms with E-state index in [9.17, 15) is 27.2 Å². The fourth-order valence-electron chi connectivity index (χ4n) is 2.55. The highest BCUT2D eigenvalue weighted by atomic mass is 19.4. The Hall–Kier alpha value is -3.82. The third-order valence-corrected chi connectivity index (χ3v) is 4.14. The lowest BCUT2D eigenvalue weighted by atomic mass is 10.0. The first-order valence-electron chi connectivity index (χ1n) is 8.51. The van der Waals surface area contributed by atoms with Gasteiger partial charge < -0.3 is 11.1 Å². The van der Waals surface area contributed by atoms with Crippen LogP contribution in [0.2, 0.25) is 0 Å². The monoisotopic (exact) mass is 418 g/mol. The van der Waals surface area contributed by atoms with Crippen molar-refractivity contribution in [2.24, 2.45) is 5.73 Å². The number of ketones is 1. The van der Waals surface area contributed by atoms with Gasteiger partial charge in [0.05, 0.1) is 11.1 Å². The number of aromatic nitrogens is 2. The molecule has 0 saturated heterocycles. The summed E-state index contributed by atoms with van der Waals surface area (Å²) in [5, 5.41) is 2.90. The van der Waals surface area contributed by atoms with Gasteiger partial charge in [-0.3, -0.25) is 9.59 Å². The van der Waals surface area contributed by atoms with Crippen molar-refractivity contribution in [2.75, 3.05) is 5.32 Å². The van der Waals surface area contributed by atoms with E-state index in [0.29, 0.717) is 24.2 Å². The number of alkyl halides is 3. The van der Waals surface area contributed by atoms with Crippen molar-refractivity contribution in [3.05, 3.63) is 88.5 Å². The minimum Gasteiger partial charge on any atom is -0.366 e. The minimum atomic E-state index is -4.92. The standard InChI is InChI=1S/C20H14F4N4O2/c21-16-6-5-13(7-15(16)20(22,23)24)17(29)14-9-27-19(28-10-14)26-8-11-1-3-12(4-2-11)18(25)30/h1-7,9-10H,8H2,(H2,25,30)(H,26,27,28). The molecule has 3 N–H and O–H groups in total. The molecule has 0 aliphatic carbocycles. The number of nitrogens with zero attached hydrogens (tertiary/aromatic N) is 2. The second-order valence-electron chi connectivity index (χ2n) is 6.23. The third kappa shape index (κ3) is 4.77. The van der Waals surface area contributed by atoms with Gasteiger partial charge in [-0.1, -0.05) is 12.1 Å². The largest absolute Gasteiger partial charge is 0.419 e. The predicted molar refractivity (Wildman–Crippen MR) is 99.2 cm³/mol. The van der Waals surface area contributed by atoms with Crippen LogP contribution in [0.3, 0.4) is 0 Å². The van der Waals surface area contributed by atoms with E-state index in [0.717, 1.165) is 24.0 Å². The summed E-state index contributed by atoms with van der Waals surface area (Å²) in [6.07, 6.45) is -2.60. The van der Waals surface area contributed by atoms with Gasteiger partial charge in [0.2, 0.25) is 11.9 Å². The quantitative estimate of drug-likeness (QED) is 0.471. The van der Waals surface area contributed by atoms with Gasteiger partial charge in [0.15, 0.2) is 5.78 Å².